The lowest BCUT2D eigenvalue weighted by molar-refractivity contribution is -0.118. The van der Waals surface area contributed by atoms with Gasteiger partial charge in [-0.3, -0.25) is 9.59 Å². The number of ketones is 1. The summed E-state index contributed by atoms with van der Waals surface area (Å²) in [4.78, 5) is 27.5. The van der Waals surface area contributed by atoms with Crippen LogP contribution in [0.4, 0.5) is 5.69 Å². The number of amides is 1. The number of benzene rings is 4. The Bertz CT molecular complexity index is 1230. The van der Waals surface area contributed by atoms with Gasteiger partial charge in [0.15, 0.2) is 5.78 Å². The van der Waals surface area contributed by atoms with Gasteiger partial charge in [0, 0.05) is 22.0 Å². The smallest absolute Gasteiger partial charge is 0.236 e. The lowest BCUT2D eigenvalue weighted by Crippen LogP contribution is -2.34. The van der Waals surface area contributed by atoms with Crippen molar-refractivity contribution in [2.24, 2.45) is 5.92 Å². The molecule has 4 aromatic rings. The van der Waals surface area contributed by atoms with Crippen LogP contribution in [-0.2, 0) is 10.5 Å². The monoisotopic (exact) mass is 485 g/mol. The molecule has 0 spiro atoms. The van der Waals surface area contributed by atoms with Crippen molar-refractivity contribution in [2.45, 2.75) is 11.0 Å². The molecule has 1 N–H and O–H groups in total. The highest BCUT2D eigenvalue weighted by Gasteiger charge is 2.37. The molecule has 1 amide bonds. The van der Waals surface area contributed by atoms with E-state index in [1.807, 2.05) is 84.9 Å². The fourth-order valence-corrected chi connectivity index (χ4v) is 5.46. The van der Waals surface area contributed by atoms with Crippen LogP contribution in [0.5, 0.6) is 0 Å². The topological polar surface area (TPSA) is 46.2 Å². The highest BCUT2D eigenvalue weighted by molar-refractivity contribution is 7.98. The Morgan fingerprint density at radius 2 is 1.29 bits per heavy atom. The molecule has 4 rings (SSSR count). The molecule has 0 heterocycles. The maximum Gasteiger partial charge on any atom is 0.236 e. The minimum absolute atomic E-state index is 0.237. The molecule has 4 aromatic carbocycles. The van der Waals surface area contributed by atoms with E-state index in [9.17, 15) is 9.59 Å². The first-order valence-corrected chi connectivity index (χ1v) is 12.4. The highest BCUT2D eigenvalue weighted by Crippen LogP contribution is 2.42. The summed E-state index contributed by atoms with van der Waals surface area (Å²) in [7, 11) is 0. The molecule has 170 valence electrons. The van der Waals surface area contributed by atoms with Crippen molar-refractivity contribution in [3.05, 3.63) is 137 Å². The van der Waals surface area contributed by atoms with Crippen molar-refractivity contribution in [3.63, 3.8) is 0 Å². The number of nitrogens with one attached hydrogen (secondary N) is 1. The number of Topliss-reactive ketones (excluding diaryl/α,β-unsaturated/α-hetero) is 1. The Balaban J connectivity index is 1.75. The normalized spacial score (nSPS) is 12.5. The van der Waals surface area contributed by atoms with E-state index in [1.54, 1.807) is 42.1 Å². The molecule has 0 fully saturated rings. The van der Waals surface area contributed by atoms with Crippen molar-refractivity contribution in [2.75, 3.05) is 5.32 Å². The standard InChI is InChI=1S/C29H24ClNO2S/c30-25-19-11-10-18-24(25)28(34-20-21-12-4-1-5-13-21)26(27(32)22-14-6-2-7-15-22)29(33)31-23-16-8-3-9-17-23/h1-19,26,28H,20H2,(H,31,33). The molecule has 0 saturated heterocycles. The van der Waals surface area contributed by atoms with E-state index in [0.717, 1.165) is 11.1 Å². The van der Waals surface area contributed by atoms with Crippen LogP contribution in [0.15, 0.2) is 115 Å². The van der Waals surface area contributed by atoms with Crippen molar-refractivity contribution in [3.8, 4) is 0 Å². The van der Waals surface area contributed by atoms with Gasteiger partial charge in [-0.05, 0) is 29.3 Å². The maximum absolute atomic E-state index is 13.8. The van der Waals surface area contributed by atoms with E-state index in [1.165, 1.54) is 0 Å². The average Bonchev–Trinajstić information content (AvgIpc) is 2.88. The molecule has 0 aliphatic heterocycles. The van der Waals surface area contributed by atoms with E-state index < -0.39 is 11.2 Å². The third kappa shape index (κ3) is 5.96. The Labute approximate surface area is 209 Å². The number of carbonyl (C=O) groups is 2. The predicted octanol–water partition coefficient (Wildman–Crippen LogP) is 7.45. The Kier molecular flexibility index (Phi) is 8.18. The summed E-state index contributed by atoms with van der Waals surface area (Å²) in [5.41, 5.74) is 3.01. The van der Waals surface area contributed by atoms with Crippen LogP contribution in [0, 0.1) is 5.92 Å². The third-order valence-corrected chi connectivity index (χ3v) is 7.18. The molecular weight excluding hydrogens is 462 g/mol. The second-order valence-electron chi connectivity index (χ2n) is 7.80. The fraction of sp³-hybridized carbons (Fsp3) is 0.103. The van der Waals surface area contributed by atoms with Crippen molar-refractivity contribution >= 4 is 40.7 Å². The summed E-state index contributed by atoms with van der Waals surface area (Å²) in [6, 6.07) is 35.6. The lowest BCUT2D eigenvalue weighted by Gasteiger charge is -2.26. The van der Waals surface area contributed by atoms with Gasteiger partial charge in [-0.1, -0.05) is 109 Å². The molecule has 34 heavy (non-hydrogen) atoms. The number of hydrogen-bond acceptors (Lipinski definition) is 3. The van der Waals surface area contributed by atoms with Crippen LogP contribution < -0.4 is 5.32 Å². The molecule has 0 aliphatic rings. The fourth-order valence-electron chi connectivity index (χ4n) is 3.75. The van der Waals surface area contributed by atoms with Gasteiger partial charge >= 0.3 is 0 Å². The van der Waals surface area contributed by atoms with Crippen LogP contribution in [0.2, 0.25) is 5.02 Å². The molecule has 5 heteroatoms. The van der Waals surface area contributed by atoms with Gasteiger partial charge in [-0.25, -0.2) is 0 Å². The van der Waals surface area contributed by atoms with Gasteiger partial charge in [0.1, 0.15) is 5.92 Å². The number of halogens is 1. The zero-order valence-electron chi connectivity index (χ0n) is 18.4. The first-order chi connectivity index (χ1) is 16.6. The van der Waals surface area contributed by atoms with Crippen LogP contribution in [-0.4, -0.2) is 11.7 Å². The zero-order valence-corrected chi connectivity index (χ0v) is 20.0. The van der Waals surface area contributed by atoms with Crippen LogP contribution in [0.3, 0.4) is 0 Å². The van der Waals surface area contributed by atoms with E-state index >= 15 is 0 Å². The van der Waals surface area contributed by atoms with Gasteiger partial charge < -0.3 is 5.32 Å². The van der Waals surface area contributed by atoms with Crippen molar-refractivity contribution in [1.82, 2.24) is 0 Å². The lowest BCUT2D eigenvalue weighted by atomic mass is 9.89. The summed E-state index contributed by atoms with van der Waals surface area (Å²) in [5, 5.41) is 3.00. The van der Waals surface area contributed by atoms with E-state index in [0.29, 0.717) is 22.0 Å². The number of thioether (sulfide) groups is 1. The van der Waals surface area contributed by atoms with Crippen LogP contribution >= 0.6 is 23.4 Å². The van der Waals surface area contributed by atoms with Crippen molar-refractivity contribution in [1.29, 1.82) is 0 Å². The van der Waals surface area contributed by atoms with Crippen LogP contribution in [0.25, 0.3) is 0 Å². The number of para-hydroxylation sites is 1. The molecule has 0 aromatic heterocycles. The average molecular weight is 486 g/mol. The Morgan fingerprint density at radius 1 is 0.735 bits per heavy atom. The Hall–Kier alpha value is -3.34. The first kappa shape index (κ1) is 23.8. The minimum Gasteiger partial charge on any atom is -0.325 e. The summed E-state index contributed by atoms with van der Waals surface area (Å²) >= 11 is 8.15. The predicted molar refractivity (Wildman–Crippen MR) is 141 cm³/mol. The van der Waals surface area contributed by atoms with Gasteiger partial charge in [0.05, 0.1) is 5.25 Å². The number of hydrogen-bond donors (Lipinski definition) is 1. The summed E-state index contributed by atoms with van der Waals surface area (Å²) in [6.45, 7) is 0. The molecule has 3 nitrogen and oxygen atoms in total. The Morgan fingerprint density at radius 3 is 1.94 bits per heavy atom. The number of anilines is 1. The molecule has 0 bridgehead atoms. The van der Waals surface area contributed by atoms with Crippen LogP contribution in [0.1, 0.15) is 26.7 Å². The molecule has 0 saturated carbocycles. The van der Waals surface area contributed by atoms with Crippen molar-refractivity contribution < 1.29 is 9.59 Å². The third-order valence-electron chi connectivity index (χ3n) is 5.45. The van der Waals surface area contributed by atoms with E-state index in [4.69, 9.17) is 11.6 Å². The van der Waals surface area contributed by atoms with Gasteiger partial charge in [-0.2, -0.15) is 0 Å². The summed E-state index contributed by atoms with van der Waals surface area (Å²) < 4.78 is 0. The molecule has 2 unspecified atom stereocenters. The largest absolute Gasteiger partial charge is 0.325 e. The first-order valence-electron chi connectivity index (χ1n) is 11.0. The molecule has 2 atom stereocenters. The second kappa shape index (κ2) is 11.7. The summed E-state index contributed by atoms with van der Waals surface area (Å²) in [5.74, 6) is -0.935. The van der Waals surface area contributed by atoms with Gasteiger partial charge in [-0.15, -0.1) is 11.8 Å². The minimum atomic E-state index is -0.976. The SMILES string of the molecule is O=C(Nc1ccccc1)C(C(=O)c1ccccc1)C(SCc1ccccc1)c1ccccc1Cl. The number of carbonyl (C=O) groups excluding carboxylic acids is 2. The second-order valence-corrected chi connectivity index (χ2v) is 9.34. The molecule has 0 aliphatic carbocycles. The van der Waals surface area contributed by atoms with E-state index in [2.05, 4.69) is 5.32 Å². The maximum atomic E-state index is 13.8. The summed E-state index contributed by atoms with van der Waals surface area (Å²) in [6.07, 6.45) is 0. The highest BCUT2D eigenvalue weighted by atomic mass is 35.5. The van der Waals surface area contributed by atoms with E-state index in [-0.39, 0.29) is 11.7 Å². The van der Waals surface area contributed by atoms with Gasteiger partial charge in [0.25, 0.3) is 0 Å². The van der Waals surface area contributed by atoms with Gasteiger partial charge in [0.2, 0.25) is 5.91 Å². The molecular formula is C29H24ClNO2S. The quantitative estimate of drug-likeness (QED) is 0.198. The number of rotatable bonds is 9. The zero-order chi connectivity index (χ0) is 23.8. The molecule has 0 radical (unpaired) electrons.